The summed E-state index contributed by atoms with van der Waals surface area (Å²) >= 11 is 0. The summed E-state index contributed by atoms with van der Waals surface area (Å²) in [6, 6.07) is 8.98. The highest BCUT2D eigenvalue weighted by Gasteiger charge is 2.20. The molecule has 2 rings (SSSR count). The van der Waals surface area contributed by atoms with E-state index in [-0.39, 0.29) is 18.0 Å². The van der Waals surface area contributed by atoms with Crippen LogP contribution in [0.1, 0.15) is 28.3 Å². The van der Waals surface area contributed by atoms with E-state index in [1.54, 1.807) is 18.2 Å². The van der Waals surface area contributed by atoms with E-state index in [9.17, 15) is 18.8 Å². The number of carbonyl (C=O) groups is 3. The molecule has 0 saturated carbocycles. The fraction of sp³-hybridized carbons (Fsp3) is 0.133. The second kappa shape index (κ2) is 6.13. The van der Waals surface area contributed by atoms with Crippen molar-refractivity contribution in [3.05, 3.63) is 59.3 Å². The van der Waals surface area contributed by atoms with Crippen molar-refractivity contribution in [2.24, 2.45) is 0 Å². The van der Waals surface area contributed by atoms with Crippen LogP contribution in [0.4, 0.5) is 4.39 Å². The molecule has 5 nitrogen and oxygen atoms in total. The highest BCUT2D eigenvalue weighted by Crippen LogP contribution is 2.16. The monoisotopic (exact) mass is 290 g/mol. The zero-order valence-corrected chi connectivity index (χ0v) is 10.8. The number of carboxylic acids is 1. The van der Waals surface area contributed by atoms with Gasteiger partial charge in [-0.3, -0.25) is 9.59 Å². The average molecular weight is 290 g/mol. The Morgan fingerprint density at radius 2 is 1.81 bits per heavy atom. The standard InChI is InChI=1S/C15H11FO5/c16-11-4-2-1-3-9(11)7-10-5-6-14(21-10)12(17)8-13(18)15(19)20/h1-6H,7-8H2,(H,19,20). The summed E-state index contributed by atoms with van der Waals surface area (Å²) in [5, 5.41) is 8.43. The third-order valence-electron chi connectivity index (χ3n) is 2.82. The molecule has 2 aromatic rings. The first-order valence-electron chi connectivity index (χ1n) is 6.09. The van der Waals surface area contributed by atoms with Gasteiger partial charge in [0, 0.05) is 6.42 Å². The summed E-state index contributed by atoms with van der Waals surface area (Å²) in [4.78, 5) is 33.0. The summed E-state index contributed by atoms with van der Waals surface area (Å²) in [6.45, 7) is 0. The maximum atomic E-state index is 13.5. The number of Topliss-reactive ketones (excluding diaryl/α,β-unsaturated/α-hetero) is 2. The lowest BCUT2D eigenvalue weighted by Gasteiger charge is -2.00. The van der Waals surface area contributed by atoms with Crippen LogP contribution in [0, 0.1) is 5.82 Å². The molecule has 0 aliphatic heterocycles. The molecule has 0 spiro atoms. The van der Waals surface area contributed by atoms with Crippen molar-refractivity contribution < 1.29 is 28.3 Å². The maximum absolute atomic E-state index is 13.5. The van der Waals surface area contributed by atoms with Crippen LogP contribution < -0.4 is 0 Å². The Balaban J connectivity index is 2.08. The Hall–Kier alpha value is -2.76. The molecule has 1 heterocycles. The Bertz CT molecular complexity index is 702. The number of ketones is 2. The molecule has 108 valence electrons. The van der Waals surface area contributed by atoms with E-state index < -0.39 is 24.0 Å². The predicted octanol–water partition coefficient (Wildman–Crippen LogP) is 2.24. The summed E-state index contributed by atoms with van der Waals surface area (Å²) in [7, 11) is 0. The molecule has 0 atom stereocenters. The number of hydrogen-bond acceptors (Lipinski definition) is 4. The lowest BCUT2D eigenvalue weighted by Crippen LogP contribution is -2.16. The number of carbonyl (C=O) groups excluding carboxylic acids is 2. The van der Waals surface area contributed by atoms with Gasteiger partial charge in [0.15, 0.2) is 5.76 Å². The van der Waals surface area contributed by atoms with Gasteiger partial charge >= 0.3 is 5.97 Å². The van der Waals surface area contributed by atoms with Gasteiger partial charge in [-0.1, -0.05) is 18.2 Å². The minimum Gasteiger partial charge on any atom is -0.475 e. The van der Waals surface area contributed by atoms with Crippen molar-refractivity contribution in [2.75, 3.05) is 0 Å². The van der Waals surface area contributed by atoms with E-state index in [0.29, 0.717) is 11.3 Å². The lowest BCUT2D eigenvalue weighted by atomic mass is 10.1. The molecule has 0 radical (unpaired) electrons. The first-order chi connectivity index (χ1) is 9.97. The van der Waals surface area contributed by atoms with Crippen LogP contribution in [-0.2, 0) is 16.0 Å². The van der Waals surface area contributed by atoms with Crippen LogP contribution in [0.25, 0.3) is 0 Å². The Labute approximate surface area is 119 Å². The maximum Gasteiger partial charge on any atom is 0.372 e. The highest BCUT2D eigenvalue weighted by molar-refractivity contribution is 6.37. The van der Waals surface area contributed by atoms with Crippen molar-refractivity contribution in [3.8, 4) is 0 Å². The third-order valence-corrected chi connectivity index (χ3v) is 2.82. The molecule has 0 bridgehead atoms. The van der Waals surface area contributed by atoms with E-state index in [1.165, 1.54) is 18.2 Å². The second-order valence-corrected chi connectivity index (χ2v) is 4.36. The number of furan rings is 1. The van der Waals surface area contributed by atoms with Gasteiger partial charge in [-0.05, 0) is 23.8 Å². The molecule has 21 heavy (non-hydrogen) atoms. The molecular weight excluding hydrogens is 279 g/mol. The van der Waals surface area contributed by atoms with Gasteiger partial charge in [-0.15, -0.1) is 0 Å². The number of aliphatic carboxylic acids is 1. The van der Waals surface area contributed by atoms with Gasteiger partial charge in [0.1, 0.15) is 11.6 Å². The van der Waals surface area contributed by atoms with Crippen molar-refractivity contribution in [3.63, 3.8) is 0 Å². The second-order valence-electron chi connectivity index (χ2n) is 4.36. The number of rotatable bonds is 6. The summed E-state index contributed by atoms with van der Waals surface area (Å²) in [6.07, 6.45) is -0.602. The Morgan fingerprint density at radius 3 is 2.48 bits per heavy atom. The molecule has 1 N–H and O–H groups in total. The largest absolute Gasteiger partial charge is 0.475 e. The minimum absolute atomic E-state index is 0.115. The van der Waals surface area contributed by atoms with Crippen LogP contribution >= 0.6 is 0 Å². The van der Waals surface area contributed by atoms with E-state index in [1.807, 2.05) is 0 Å². The van der Waals surface area contributed by atoms with Crippen LogP contribution in [0.2, 0.25) is 0 Å². The van der Waals surface area contributed by atoms with Gasteiger partial charge in [-0.25, -0.2) is 9.18 Å². The van der Waals surface area contributed by atoms with Gasteiger partial charge in [0.2, 0.25) is 11.6 Å². The molecule has 0 aliphatic carbocycles. The van der Waals surface area contributed by atoms with Gasteiger partial charge in [-0.2, -0.15) is 0 Å². The van der Waals surface area contributed by atoms with Crippen molar-refractivity contribution in [2.45, 2.75) is 12.8 Å². The number of carboxylic acid groups (broad SMARTS) is 1. The average Bonchev–Trinajstić information content (AvgIpc) is 2.90. The van der Waals surface area contributed by atoms with Crippen molar-refractivity contribution >= 4 is 17.5 Å². The summed E-state index contributed by atoms with van der Waals surface area (Å²) in [5.74, 6) is -3.74. The predicted molar refractivity (Wildman–Crippen MR) is 69.5 cm³/mol. The molecule has 0 saturated heterocycles. The highest BCUT2D eigenvalue weighted by atomic mass is 19.1. The molecular formula is C15H11FO5. The van der Waals surface area contributed by atoms with Gasteiger partial charge in [0.25, 0.3) is 0 Å². The minimum atomic E-state index is -1.67. The molecule has 6 heteroatoms. The van der Waals surface area contributed by atoms with Crippen LogP contribution in [0.15, 0.2) is 40.8 Å². The summed E-state index contributed by atoms with van der Waals surface area (Å²) in [5.41, 5.74) is 0.410. The van der Waals surface area contributed by atoms with Crippen LogP contribution in [-0.4, -0.2) is 22.6 Å². The lowest BCUT2D eigenvalue weighted by molar-refractivity contribution is -0.148. The fourth-order valence-electron chi connectivity index (χ4n) is 1.76. The van der Waals surface area contributed by atoms with Gasteiger partial charge < -0.3 is 9.52 Å². The first-order valence-corrected chi connectivity index (χ1v) is 6.09. The van der Waals surface area contributed by atoms with Crippen molar-refractivity contribution in [1.29, 1.82) is 0 Å². The number of benzene rings is 1. The normalized spacial score (nSPS) is 10.3. The molecule has 0 amide bonds. The number of hydrogen-bond donors (Lipinski definition) is 1. The molecule has 0 unspecified atom stereocenters. The Kier molecular flexibility index (Phi) is 4.27. The van der Waals surface area contributed by atoms with E-state index in [2.05, 4.69) is 0 Å². The van der Waals surface area contributed by atoms with Crippen molar-refractivity contribution in [1.82, 2.24) is 0 Å². The molecule has 1 aromatic heterocycles. The molecule has 1 aromatic carbocycles. The first kappa shape index (κ1) is 14.6. The van der Waals surface area contributed by atoms with E-state index >= 15 is 0 Å². The van der Waals surface area contributed by atoms with E-state index in [0.717, 1.165) is 0 Å². The zero-order valence-electron chi connectivity index (χ0n) is 10.8. The molecule has 0 fully saturated rings. The Morgan fingerprint density at radius 1 is 1.10 bits per heavy atom. The molecule has 0 aliphatic rings. The number of halogens is 1. The fourth-order valence-corrected chi connectivity index (χ4v) is 1.76. The zero-order chi connectivity index (χ0) is 15.4. The summed E-state index contributed by atoms with van der Waals surface area (Å²) < 4.78 is 18.7. The van der Waals surface area contributed by atoms with Crippen LogP contribution in [0.3, 0.4) is 0 Å². The van der Waals surface area contributed by atoms with Gasteiger partial charge in [0.05, 0.1) is 6.42 Å². The smallest absolute Gasteiger partial charge is 0.372 e. The SMILES string of the molecule is O=C(O)C(=O)CC(=O)c1ccc(Cc2ccccc2F)o1. The topological polar surface area (TPSA) is 84.6 Å². The van der Waals surface area contributed by atoms with Crippen LogP contribution in [0.5, 0.6) is 0 Å². The van der Waals surface area contributed by atoms with E-state index in [4.69, 9.17) is 9.52 Å². The quantitative estimate of drug-likeness (QED) is 0.501. The third kappa shape index (κ3) is 3.62.